The number of hydrogen-bond acceptors (Lipinski definition) is 3. The molecule has 1 amide bonds. The predicted molar refractivity (Wildman–Crippen MR) is 88.5 cm³/mol. The Morgan fingerprint density at radius 2 is 1.92 bits per heavy atom. The maximum absolute atomic E-state index is 12.6. The number of benzene rings is 2. The lowest BCUT2D eigenvalue weighted by Gasteiger charge is -2.06. The third-order valence-electron chi connectivity index (χ3n) is 3.51. The van der Waals surface area contributed by atoms with Gasteiger partial charge in [-0.2, -0.15) is 13.2 Å². The second-order valence-electron chi connectivity index (χ2n) is 5.27. The summed E-state index contributed by atoms with van der Waals surface area (Å²) in [6.45, 7) is 1.35. The van der Waals surface area contributed by atoms with Crippen molar-refractivity contribution in [1.29, 1.82) is 0 Å². The molecule has 0 spiro atoms. The van der Waals surface area contributed by atoms with E-state index in [1.807, 2.05) is 0 Å². The van der Waals surface area contributed by atoms with Crippen molar-refractivity contribution >= 4 is 11.6 Å². The smallest absolute Gasteiger partial charge is 0.341 e. The highest BCUT2D eigenvalue weighted by Crippen LogP contribution is 2.29. The molecule has 0 aromatic heterocycles. The van der Waals surface area contributed by atoms with Gasteiger partial charge < -0.3 is 5.32 Å². The van der Waals surface area contributed by atoms with Crippen LogP contribution in [-0.2, 0) is 6.18 Å². The maximum atomic E-state index is 12.6. The van der Waals surface area contributed by atoms with Gasteiger partial charge in [-0.05, 0) is 31.2 Å². The maximum Gasteiger partial charge on any atom is 0.416 e. The SMILES string of the molecule is Cc1c(C(=O)NCC#Cc2cccc(C(F)(F)F)c2)cccc1[N+](=O)[O-]. The molecule has 8 heteroatoms. The third kappa shape index (κ3) is 4.60. The van der Waals surface area contributed by atoms with E-state index in [9.17, 15) is 28.1 Å². The molecule has 134 valence electrons. The number of nitrogens with zero attached hydrogens (tertiary/aromatic N) is 1. The molecule has 0 heterocycles. The fourth-order valence-electron chi connectivity index (χ4n) is 2.21. The van der Waals surface area contributed by atoms with Crippen molar-refractivity contribution in [2.24, 2.45) is 0 Å². The summed E-state index contributed by atoms with van der Waals surface area (Å²) >= 11 is 0. The number of rotatable bonds is 3. The van der Waals surface area contributed by atoms with Gasteiger partial charge in [0.1, 0.15) is 0 Å². The summed E-state index contributed by atoms with van der Waals surface area (Å²) in [5, 5.41) is 13.3. The van der Waals surface area contributed by atoms with Crippen LogP contribution in [0.3, 0.4) is 0 Å². The van der Waals surface area contributed by atoms with Crippen molar-refractivity contribution in [3.8, 4) is 11.8 Å². The Morgan fingerprint density at radius 1 is 1.23 bits per heavy atom. The molecule has 2 rings (SSSR count). The van der Waals surface area contributed by atoms with Crippen LogP contribution in [0, 0.1) is 28.9 Å². The van der Waals surface area contributed by atoms with Crippen LogP contribution in [0.5, 0.6) is 0 Å². The highest BCUT2D eigenvalue weighted by molar-refractivity contribution is 5.96. The van der Waals surface area contributed by atoms with Crippen molar-refractivity contribution in [1.82, 2.24) is 5.32 Å². The lowest BCUT2D eigenvalue weighted by atomic mass is 10.1. The van der Waals surface area contributed by atoms with Gasteiger partial charge in [0.25, 0.3) is 11.6 Å². The van der Waals surface area contributed by atoms with Crippen LogP contribution in [0.25, 0.3) is 0 Å². The van der Waals surface area contributed by atoms with Gasteiger partial charge in [0.05, 0.1) is 17.0 Å². The molecular formula is C18H13F3N2O3. The van der Waals surface area contributed by atoms with Crippen LogP contribution in [-0.4, -0.2) is 17.4 Å². The summed E-state index contributed by atoms with van der Waals surface area (Å²) in [4.78, 5) is 22.4. The summed E-state index contributed by atoms with van der Waals surface area (Å²) in [6.07, 6.45) is -4.45. The quantitative estimate of drug-likeness (QED) is 0.514. The molecule has 0 saturated heterocycles. The number of nitro groups is 1. The van der Waals surface area contributed by atoms with Gasteiger partial charge in [-0.3, -0.25) is 14.9 Å². The number of alkyl halides is 3. The lowest BCUT2D eigenvalue weighted by Crippen LogP contribution is -2.24. The number of hydrogen-bond donors (Lipinski definition) is 1. The molecule has 0 atom stereocenters. The molecule has 0 aliphatic carbocycles. The molecule has 26 heavy (non-hydrogen) atoms. The molecule has 0 aliphatic rings. The van der Waals surface area contributed by atoms with Crippen LogP contribution < -0.4 is 5.32 Å². The van der Waals surface area contributed by atoms with Gasteiger partial charge in [0.15, 0.2) is 0 Å². The van der Waals surface area contributed by atoms with Crippen molar-refractivity contribution in [3.05, 3.63) is 74.8 Å². The number of carbonyl (C=O) groups excluding carboxylic acids is 1. The summed E-state index contributed by atoms with van der Waals surface area (Å²) < 4.78 is 37.9. The highest BCUT2D eigenvalue weighted by Gasteiger charge is 2.30. The molecule has 1 N–H and O–H groups in total. The lowest BCUT2D eigenvalue weighted by molar-refractivity contribution is -0.385. The standard InChI is InChI=1S/C18H13F3N2O3/c1-12-15(8-3-9-16(12)23(25)26)17(24)22-10-4-6-13-5-2-7-14(11-13)18(19,20)21/h2-3,5,7-9,11H,10H2,1H3,(H,22,24). The average molecular weight is 362 g/mol. The first-order valence-electron chi connectivity index (χ1n) is 7.38. The summed E-state index contributed by atoms with van der Waals surface area (Å²) in [6, 6.07) is 8.66. The van der Waals surface area contributed by atoms with E-state index in [1.54, 1.807) is 0 Å². The van der Waals surface area contributed by atoms with Gasteiger partial charge in [-0.15, -0.1) is 0 Å². The number of carbonyl (C=O) groups is 1. The minimum absolute atomic E-state index is 0.114. The molecule has 0 unspecified atom stereocenters. The first kappa shape index (κ1) is 19.0. The van der Waals surface area contributed by atoms with E-state index in [0.717, 1.165) is 12.1 Å². The van der Waals surface area contributed by atoms with E-state index < -0.39 is 22.6 Å². The zero-order valence-corrected chi connectivity index (χ0v) is 13.6. The zero-order chi connectivity index (χ0) is 19.3. The molecule has 0 fully saturated rings. The van der Waals surface area contributed by atoms with E-state index in [1.165, 1.54) is 37.3 Å². The first-order valence-corrected chi connectivity index (χ1v) is 7.38. The molecule has 2 aromatic rings. The third-order valence-corrected chi connectivity index (χ3v) is 3.51. The number of nitro benzene ring substituents is 1. The fraction of sp³-hybridized carbons (Fsp3) is 0.167. The molecule has 0 aliphatic heterocycles. The Balaban J connectivity index is 2.06. The largest absolute Gasteiger partial charge is 0.416 e. The molecule has 0 radical (unpaired) electrons. The van der Waals surface area contributed by atoms with Gasteiger partial charge in [-0.1, -0.05) is 24.0 Å². The van der Waals surface area contributed by atoms with Crippen LogP contribution in [0.1, 0.15) is 27.0 Å². The number of amides is 1. The molecule has 0 bridgehead atoms. The van der Waals surface area contributed by atoms with Crippen LogP contribution in [0.2, 0.25) is 0 Å². The first-order chi connectivity index (χ1) is 12.2. The summed E-state index contributed by atoms with van der Waals surface area (Å²) in [5.41, 5.74) is -0.449. The monoisotopic (exact) mass is 362 g/mol. The Hall–Kier alpha value is -3.34. The van der Waals surface area contributed by atoms with Gasteiger partial charge in [0, 0.05) is 22.8 Å². The van der Waals surface area contributed by atoms with Crippen molar-refractivity contribution < 1.29 is 22.9 Å². The van der Waals surface area contributed by atoms with Crippen LogP contribution in [0.4, 0.5) is 18.9 Å². The van der Waals surface area contributed by atoms with E-state index in [0.29, 0.717) is 0 Å². The number of nitrogens with one attached hydrogen (secondary N) is 1. The predicted octanol–water partition coefficient (Wildman–Crippen LogP) is 3.70. The van der Waals surface area contributed by atoms with Crippen LogP contribution in [0.15, 0.2) is 42.5 Å². The normalized spacial score (nSPS) is 10.6. The molecule has 0 saturated carbocycles. The van der Waals surface area contributed by atoms with E-state index in [-0.39, 0.29) is 28.9 Å². The average Bonchev–Trinajstić information content (AvgIpc) is 2.58. The van der Waals surface area contributed by atoms with Crippen molar-refractivity contribution in [3.63, 3.8) is 0 Å². The van der Waals surface area contributed by atoms with E-state index >= 15 is 0 Å². The Bertz CT molecular complexity index is 912. The summed E-state index contributed by atoms with van der Waals surface area (Å²) in [5.74, 6) is 4.54. The minimum Gasteiger partial charge on any atom is -0.341 e. The van der Waals surface area contributed by atoms with Gasteiger partial charge >= 0.3 is 6.18 Å². The van der Waals surface area contributed by atoms with Crippen molar-refractivity contribution in [2.45, 2.75) is 13.1 Å². The molecule has 2 aromatic carbocycles. The number of halogens is 3. The Morgan fingerprint density at radius 3 is 2.58 bits per heavy atom. The topological polar surface area (TPSA) is 72.2 Å². The second kappa shape index (κ2) is 7.70. The molecule has 5 nitrogen and oxygen atoms in total. The second-order valence-corrected chi connectivity index (χ2v) is 5.27. The summed E-state index contributed by atoms with van der Waals surface area (Å²) in [7, 11) is 0. The Kier molecular flexibility index (Phi) is 5.62. The van der Waals surface area contributed by atoms with Gasteiger partial charge in [0.2, 0.25) is 0 Å². The van der Waals surface area contributed by atoms with E-state index in [2.05, 4.69) is 17.2 Å². The van der Waals surface area contributed by atoms with Crippen LogP contribution >= 0.6 is 0 Å². The zero-order valence-electron chi connectivity index (χ0n) is 13.6. The minimum atomic E-state index is -4.45. The van der Waals surface area contributed by atoms with E-state index in [4.69, 9.17) is 0 Å². The highest BCUT2D eigenvalue weighted by atomic mass is 19.4. The van der Waals surface area contributed by atoms with Gasteiger partial charge in [-0.25, -0.2) is 0 Å². The molecular weight excluding hydrogens is 349 g/mol. The van der Waals surface area contributed by atoms with Crippen molar-refractivity contribution in [2.75, 3.05) is 6.54 Å². The Labute approximate surface area is 147 Å². The fourth-order valence-corrected chi connectivity index (χ4v) is 2.21.